The van der Waals surface area contributed by atoms with E-state index in [9.17, 15) is 9.90 Å². The van der Waals surface area contributed by atoms with Gasteiger partial charge >= 0.3 is 5.97 Å². The van der Waals surface area contributed by atoms with Gasteiger partial charge < -0.3 is 15.3 Å². The Bertz CT molecular complexity index is 622. The molecule has 0 aliphatic carbocycles. The molecule has 4 nitrogen and oxygen atoms in total. The zero-order valence-electron chi connectivity index (χ0n) is 12.7. The molecule has 0 amide bonds. The Balaban J connectivity index is 2.13. The Labute approximate surface area is 129 Å². The van der Waals surface area contributed by atoms with Crippen molar-refractivity contribution in [3.8, 4) is 0 Å². The number of fused-ring (bicyclic) bond motifs is 1. The molecule has 114 valence electrons. The summed E-state index contributed by atoms with van der Waals surface area (Å²) in [4.78, 5) is 14.0. The van der Waals surface area contributed by atoms with Crippen LogP contribution in [0.1, 0.15) is 28.6 Å². The molecule has 0 spiro atoms. The molecule has 0 radical (unpaired) electrons. The molecule has 0 bridgehead atoms. The van der Waals surface area contributed by atoms with E-state index in [1.807, 2.05) is 24.3 Å². The second-order valence-corrected chi connectivity index (χ2v) is 6.64. The number of benzene rings is 1. The highest BCUT2D eigenvalue weighted by Gasteiger charge is 2.17. The standard InChI is InChI=1S/C16H22N2O2S/c1-11(8-9-18(2)3)17-10-13-12-6-4-5-7-14(12)21-15(13)16(19)20/h4-7,11,17H,8-10H2,1-3H3,(H,19,20). The van der Waals surface area contributed by atoms with Gasteiger partial charge in [0, 0.05) is 17.3 Å². The molecule has 2 rings (SSSR count). The number of hydrogen-bond donors (Lipinski definition) is 2. The summed E-state index contributed by atoms with van der Waals surface area (Å²) < 4.78 is 1.03. The second kappa shape index (κ2) is 7.02. The Kier molecular flexibility index (Phi) is 5.33. The summed E-state index contributed by atoms with van der Waals surface area (Å²) in [6, 6.07) is 8.24. The van der Waals surface area contributed by atoms with E-state index >= 15 is 0 Å². The Morgan fingerprint density at radius 1 is 1.38 bits per heavy atom. The van der Waals surface area contributed by atoms with Crippen molar-refractivity contribution in [2.45, 2.75) is 25.9 Å². The first kappa shape index (κ1) is 15.9. The number of nitrogens with one attached hydrogen (secondary N) is 1. The zero-order valence-corrected chi connectivity index (χ0v) is 13.5. The number of rotatable bonds is 7. The number of carboxylic acid groups (broad SMARTS) is 1. The molecule has 0 fully saturated rings. The van der Waals surface area contributed by atoms with E-state index in [2.05, 4.69) is 31.2 Å². The van der Waals surface area contributed by atoms with Crippen molar-refractivity contribution in [2.24, 2.45) is 0 Å². The summed E-state index contributed by atoms with van der Waals surface area (Å²) in [7, 11) is 4.11. The molecule has 2 N–H and O–H groups in total. The van der Waals surface area contributed by atoms with E-state index in [-0.39, 0.29) is 0 Å². The van der Waals surface area contributed by atoms with E-state index in [1.54, 1.807) is 0 Å². The lowest BCUT2D eigenvalue weighted by atomic mass is 10.1. The van der Waals surface area contributed by atoms with Gasteiger partial charge in [-0.05, 0) is 51.0 Å². The molecule has 0 aliphatic heterocycles. The molecule has 0 aliphatic rings. The fourth-order valence-corrected chi connectivity index (χ4v) is 3.34. The quantitative estimate of drug-likeness (QED) is 0.825. The molecule has 0 saturated carbocycles. The molecular weight excluding hydrogens is 284 g/mol. The summed E-state index contributed by atoms with van der Waals surface area (Å²) in [5, 5.41) is 13.9. The number of thiophene rings is 1. The minimum Gasteiger partial charge on any atom is -0.477 e. The van der Waals surface area contributed by atoms with Crippen molar-refractivity contribution in [2.75, 3.05) is 20.6 Å². The first-order valence-corrected chi connectivity index (χ1v) is 7.92. The van der Waals surface area contributed by atoms with Gasteiger partial charge in [0.1, 0.15) is 4.88 Å². The van der Waals surface area contributed by atoms with Gasteiger partial charge in [-0.1, -0.05) is 18.2 Å². The third-order valence-electron chi connectivity index (χ3n) is 3.53. The van der Waals surface area contributed by atoms with Crippen molar-refractivity contribution in [1.82, 2.24) is 10.2 Å². The molecule has 21 heavy (non-hydrogen) atoms. The maximum Gasteiger partial charge on any atom is 0.346 e. The Hall–Kier alpha value is -1.43. The summed E-state index contributed by atoms with van der Waals surface area (Å²) in [5.41, 5.74) is 0.903. The molecule has 1 heterocycles. The largest absolute Gasteiger partial charge is 0.477 e. The van der Waals surface area contributed by atoms with Gasteiger partial charge in [-0.3, -0.25) is 0 Å². The minimum atomic E-state index is -0.839. The lowest BCUT2D eigenvalue weighted by Crippen LogP contribution is -2.29. The van der Waals surface area contributed by atoms with Gasteiger partial charge in [-0.2, -0.15) is 0 Å². The third-order valence-corrected chi connectivity index (χ3v) is 4.73. The van der Waals surface area contributed by atoms with Crippen LogP contribution >= 0.6 is 11.3 Å². The summed E-state index contributed by atoms with van der Waals surface area (Å²) in [6.07, 6.45) is 1.04. The summed E-state index contributed by atoms with van der Waals surface area (Å²) in [6.45, 7) is 3.75. The lowest BCUT2D eigenvalue weighted by Gasteiger charge is -2.16. The van der Waals surface area contributed by atoms with Crippen molar-refractivity contribution in [1.29, 1.82) is 0 Å². The van der Waals surface area contributed by atoms with Crippen molar-refractivity contribution in [3.05, 3.63) is 34.7 Å². The van der Waals surface area contributed by atoms with Crippen LogP contribution in [0.3, 0.4) is 0 Å². The molecule has 1 atom stereocenters. The summed E-state index contributed by atoms with van der Waals surface area (Å²) >= 11 is 1.35. The molecule has 1 unspecified atom stereocenters. The molecule has 2 aromatic rings. The highest BCUT2D eigenvalue weighted by Crippen LogP contribution is 2.31. The number of aromatic carboxylic acids is 1. The van der Waals surface area contributed by atoms with Gasteiger partial charge in [0.25, 0.3) is 0 Å². The fourth-order valence-electron chi connectivity index (χ4n) is 2.28. The maximum atomic E-state index is 11.4. The van der Waals surface area contributed by atoms with Crippen LogP contribution in [-0.2, 0) is 6.54 Å². The predicted octanol–water partition coefficient (Wildman–Crippen LogP) is 3.03. The highest BCUT2D eigenvalue weighted by molar-refractivity contribution is 7.21. The zero-order chi connectivity index (χ0) is 15.4. The summed E-state index contributed by atoms with van der Waals surface area (Å²) in [5.74, 6) is -0.839. The van der Waals surface area contributed by atoms with Crippen LogP contribution < -0.4 is 5.32 Å². The fraction of sp³-hybridized carbons (Fsp3) is 0.438. The first-order chi connectivity index (χ1) is 9.99. The van der Waals surface area contributed by atoms with E-state index in [4.69, 9.17) is 0 Å². The molecule has 1 aromatic heterocycles. The Morgan fingerprint density at radius 3 is 2.76 bits per heavy atom. The molecule has 5 heteroatoms. The van der Waals surface area contributed by atoms with E-state index in [1.165, 1.54) is 11.3 Å². The normalized spacial score (nSPS) is 13.0. The average molecular weight is 306 g/mol. The second-order valence-electron chi connectivity index (χ2n) is 5.58. The third kappa shape index (κ3) is 4.03. The van der Waals surface area contributed by atoms with Crippen molar-refractivity contribution >= 4 is 27.4 Å². The van der Waals surface area contributed by atoms with Crippen LogP contribution in [0.5, 0.6) is 0 Å². The van der Waals surface area contributed by atoms with Crippen LogP contribution in [0.2, 0.25) is 0 Å². The average Bonchev–Trinajstić information content (AvgIpc) is 2.82. The van der Waals surface area contributed by atoms with Crippen LogP contribution in [0, 0.1) is 0 Å². The number of hydrogen-bond acceptors (Lipinski definition) is 4. The van der Waals surface area contributed by atoms with E-state index in [0.717, 1.165) is 28.6 Å². The molecule has 1 aromatic carbocycles. The van der Waals surface area contributed by atoms with Gasteiger partial charge in [0.2, 0.25) is 0 Å². The van der Waals surface area contributed by atoms with Crippen LogP contribution in [0.15, 0.2) is 24.3 Å². The first-order valence-electron chi connectivity index (χ1n) is 7.11. The highest BCUT2D eigenvalue weighted by atomic mass is 32.1. The van der Waals surface area contributed by atoms with E-state index in [0.29, 0.717) is 17.5 Å². The van der Waals surface area contributed by atoms with Crippen LogP contribution in [0.25, 0.3) is 10.1 Å². The number of carbonyl (C=O) groups is 1. The van der Waals surface area contributed by atoms with Crippen molar-refractivity contribution < 1.29 is 9.90 Å². The van der Waals surface area contributed by atoms with Gasteiger partial charge in [0.05, 0.1) is 0 Å². The minimum absolute atomic E-state index is 0.354. The lowest BCUT2D eigenvalue weighted by molar-refractivity contribution is 0.0701. The van der Waals surface area contributed by atoms with E-state index < -0.39 is 5.97 Å². The smallest absolute Gasteiger partial charge is 0.346 e. The van der Waals surface area contributed by atoms with Gasteiger partial charge in [0.15, 0.2) is 0 Å². The van der Waals surface area contributed by atoms with Gasteiger partial charge in [-0.15, -0.1) is 11.3 Å². The van der Waals surface area contributed by atoms with Gasteiger partial charge in [-0.25, -0.2) is 4.79 Å². The Morgan fingerprint density at radius 2 is 2.10 bits per heavy atom. The molecule has 0 saturated heterocycles. The van der Waals surface area contributed by atoms with Crippen LogP contribution in [-0.4, -0.2) is 42.7 Å². The maximum absolute atomic E-state index is 11.4. The SMILES string of the molecule is CC(CCN(C)C)NCc1c(C(=O)O)sc2ccccc12. The predicted molar refractivity (Wildman–Crippen MR) is 88.3 cm³/mol. The number of nitrogens with zero attached hydrogens (tertiary/aromatic N) is 1. The molecular formula is C16H22N2O2S. The number of carboxylic acids is 1. The topological polar surface area (TPSA) is 52.6 Å². The van der Waals surface area contributed by atoms with Crippen LogP contribution in [0.4, 0.5) is 0 Å². The monoisotopic (exact) mass is 306 g/mol. The van der Waals surface area contributed by atoms with Crippen molar-refractivity contribution in [3.63, 3.8) is 0 Å².